The van der Waals surface area contributed by atoms with Crippen LogP contribution in [-0.2, 0) is 0 Å². The molecule has 0 amide bonds. The highest BCUT2D eigenvalue weighted by Crippen LogP contribution is 2.37. The van der Waals surface area contributed by atoms with Crippen molar-refractivity contribution in [2.24, 2.45) is 11.3 Å². The highest BCUT2D eigenvalue weighted by atomic mass is 15.2. The second kappa shape index (κ2) is 6.19. The monoisotopic (exact) mass is 238 g/mol. The van der Waals surface area contributed by atoms with Crippen LogP contribution in [0.3, 0.4) is 0 Å². The lowest BCUT2D eigenvalue weighted by atomic mass is 9.73. The molecule has 1 N–H and O–H groups in total. The summed E-state index contributed by atoms with van der Waals surface area (Å²) in [6.45, 7) is 11.0. The van der Waals surface area contributed by atoms with Crippen LogP contribution in [0.4, 0.5) is 0 Å². The van der Waals surface area contributed by atoms with Crippen LogP contribution in [-0.4, -0.2) is 37.6 Å². The maximum Gasteiger partial charge on any atom is 0.00503 e. The summed E-state index contributed by atoms with van der Waals surface area (Å²) in [4.78, 5) is 2.73. The Bertz CT molecular complexity index is 221. The molecule has 2 heteroatoms. The second-order valence-corrected chi connectivity index (χ2v) is 6.47. The van der Waals surface area contributed by atoms with E-state index in [9.17, 15) is 0 Å². The van der Waals surface area contributed by atoms with Gasteiger partial charge in [-0.15, -0.1) is 0 Å². The van der Waals surface area contributed by atoms with Crippen LogP contribution in [0.1, 0.15) is 52.4 Å². The number of nitrogens with zero attached hydrogens (tertiary/aromatic N) is 1. The smallest absolute Gasteiger partial charge is 0.00503 e. The average molecular weight is 238 g/mol. The minimum atomic E-state index is 0.596. The molecule has 1 saturated carbocycles. The molecule has 17 heavy (non-hydrogen) atoms. The summed E-state index contributed by atoms with van der Waals surface area (Å²) in [7, 11) is 0. The molecule has 1 aliphatic heterocycles. The van der Waals surface area contributed by atoms with E-state index in [1.165, 1.54) is 64.7 Å². The van der Waals surface area contributed by atoms with E-state index in [-0.39, 0.29) is 0 Å². The molecule has 0 aromatic heterocycles. The summed E-state index contributed by atoms with van der Waals surface area (Å²) < 4.78 is 0. The fourth-order valence-electron chi connectivity index (χ4n) is 3.73. The number of likely N-dealkylation sites (tertiary alicyclic amines) is 1. The quantitative estimate of drug-likeness (QED) is 0.792. The molecule has 0 spiro atoms. The van der Waals surface area contributed by atoms with Gasteiger partial charge in [0, 0.05) is 19.6 Å². The average Bonchev–Trinajstić information content (AvgIpc) is 2.73. The molecule has 2 aliphatic rings. The van der Waals surface area contributed by atoms with E-state index in [0.717, 1.165) is 12.5 Å². The van der Waals surface area contributed by atoms with Gasteiger partial charge in [-0.25, -0.2) is 0 Å². The Kier molecular flexibility index (Phi) is 4.87. The zero-order valence-electron chi connectivity index (χ0n) is 11.8. The van der Waals surface area contributed by atoms with Gasteiger partial charge >= 0.3 is 0 Å². The van der Waals surface area contributed by atoms with E-state index in [1.54, 1.807) is 0 Å². The van der Waals surface area contributed by atoms with Crippen molar-refractivity contribution in [3.63, 3.8) is 0 Å². The standard InChI is InChI=1S/C15H30N2/c1-3-16-12-15(8-5-4-6-9-15)13-17-10-7-14(2)11-17/h14,16H,3-13H2,1-2H3. The number of hydrogen-bond donors (Lipinski definition) is 1. The van der Waals surface area contributed by atoms with Gasteiger partial charge in [-0.3, -0.25) is 0 Å². The third kappa shape index (κ3) is 3.69. The van der Waals surface area contributed by atoms with Crippen LogP contribution < -0.4 is 5.32 Å². The predicted octanol–water partition coefficient (Wildman–Crippen LogP) is 2.89. The van der Waals surface area contributed by atoms with Gasteiger partial charge in [0.25, 0.3) is 0 Å². The Morgan fingerprint density at radius 1 is 1.24 bits per heavy atom. The fourth-order valence-corrected chi connectivity index (χ4v) is 3.73. The molecule has 2 fully saturated rings. The Morgan fingerprint density at radius 2 is 2.00 bits per heavy atom. The summed E-state index contributed by atoms with van der Waals surface area (Å²) in [6.07, 6.45) is 8.68. The van der Waals surface area contributed by atoms with Gasteiger partial charge in [0.15, 0.2) is 0 Å². The minimum absolute atomic E-state index is 0.596. The van der Waals surface area contributed by atoms with Gasteiger partial charge in [0.05, 0.1) is 0 Å². The van der Waals surface area contributed by atoms with Crippen LogP contribution in [0, 0.1) is 11.3 Å². The molecule has 2 nitrogen and oxygen atoms in total. The Labute approximate surface area is 107 Å². The Morgan fingerprint density at radius 3 is 2.59 bits per heavy atom. The predicted molar refractivity (Wildman–Crippen MR) is 74.3 cm³/mol. The molecular formula is C15H30N2. The zero-order chi connectivity index (χ0) is 12.1. The second-order valence-electron chi connectivity index (χ2n) is 6.47. The Hall–Kier alpha value is -0.0800. The molecule has 100 valence electrons. The highest BCUT2D eigenvalue weighted by Gasteiger charge is 2.34. The van der Waals surface area contributed by atoms with E-state index in [0.29, 0.717) is 5.41 Å². The SMILES string of the molecule is CCNCC1(CN2CCC(C)C2)CCCCC1. The van der Waals surface area contributed by atoms with Gasteiger partial charge in [-0.2, -0.15) is 0 Å². The van der Waals surface area contributed by atoms with Crippen LogP contribution in [0.5, 0.6) is 0 Å². The van der Waals surface area contributed by atoms with Gasteiger partial charge in [0.1, 0.15) is 0 Å². The minimum Gasteiger partial charge on any atom is -0.316 e. The summed E-state index contributed by atoms with van der Waals surface area (Å²) >= 11 is 0. The maximum atomic E-state index is 3.62. The van der Waals surface area contributed by atoms with Crippen molar-refractivity contribution in [2.45, 2.75) is 52.4 Å². The number of hydrogen-bond acceptors (Lipinski definition) is 2. The van der Waals surface area contributed by atoms with E-state index in [1.807, 2.05) is 0 Å². The van der Waals surface area contributed by atoms with E-state index in [2.05, 4.69) is 24.1 Å². The molecule has 1 unspecified atom stereocenters. The highest BCUT2D eigenvalue weighted by molar-refractivity contribution is 4.89. The van der Waals surface area contributed by atoms with Crippen LogP contribution in [0.25, 0.3) is 0 Å². The molecule has 1 saturated heterocycles. The maximum absolute atomic E-state index is 3.62. The third-order valence-electron chi connectivity index (χ3n) is 4.73. The van der Waals surface area contributed by atoms with Gasteiger partial charge in [0.2, 0.25) is 0 Å². The van der Waals surface area contributed by atoms with Gasteiger partial charge in [-0.05, 0) is 43.7 Å². The van der Waals surface area contributed by atoms with Crippen molar-refractivity contribution in [3.8, 4) is 0 Å². The van der Waals surface area contributed by atoms with Crippen molar-refractivity contribution in [2.75, 3.05) is 32.7 Å². The first-order chi connectivity index (χ1) is 8.24. The first-order valence-corrected chi connectivity index (χ1v) is 7.67. The van der Waals surface area contributed by atoms with Crippen molar-refractivity contribution in [1.29, 1.82) is 0 Å². The molecule has 2 rings (SSSR count). The lowest BCUT2D eigenvalue weighted by Gasteiger charge is -2.40. The number of rotatable bonds is 5. The van der Waals surface area contributed by atoms with E-state index < -0.39 is 0 Å². The lowest BCUT2D eigenvalue weighted by molar-refractivity contribution is 0.115. The fraction of sp³-hybridized carbons (Fsp3) is 1.00. The molecule has 1 aliphatic carbocycles. The van der Waals surface area contributed by atoms with E-state index in [4.69, 9.17) is 0 Å². The van der Waals surface area contributed by atoms with Crippen molar-refractivity contribution < 1.29 is 0 Å². The normalized spacial score (nSPS) is 29.6. The van der Waals surface area contributed by atoms with E-state index >= 15 is 0 Å². The molecule has 1 heterocycles. The van der Waals surface area contributed by atoms with Gasteiger partial charge in [-0.1, -0.05) is 33.1 Å². The van der Waals surface area contributed by atoms with Crippen LogP contribution in [0.2, 0.25) is 0 Å². The Balaban J connectivity index is 1.89. The van der Waals surface area contributed by atoms with Crippen LogP contribution in [0.15, 0.2) is 0 Å². The summed E-state index contributed by atoms with van der Waals surface area (Å²) in [6, 6.07) is 0. The molecule has 0 radical (unpaired) electrons. The largest absolute Gasteiger partial charge is 0.316 e. The molecule has 1 atom stereocenters. The summed E-state index contributed by atoms with van der Waals surface area (Å²) in [5.74, 6) is 0.926. The third-order valence-corrected chi connectivity index (χ3v) is 4.73. The summed E-state index contributed by atoms with van der Waals surface area (Å²) in [5.41, 5.74) is 0.596. The first kappa shape index (κ1) is 13.4. The number of nitrogens with one attached hydrogen (secondary N) is 1. The van der Waals surface area contributed by atoms with Crippen molar-refractivity contribution >= 4 is 0 Å². The molecule has 0 aromatic carbocycles. The van der Waals surface area contributed by atoms with Crippen LogP contribution >= 0.6 is 0 Å². The van der Waals surface area contributed by atoms with Gasteiger partial charge < -0.3 is 10.2 Å². The van der Waals surface area contributed by atoms with Crippen molar-refractivity contribution in [3.05, 3.63) is 0 Å². The topological polar surface area (TPSA) is 15.3 Å². The summed E-state index contributed by atoms with van der Waals surface area (Å²) in [5, 5.41) is 3.62. The molecule has 0 bridgehead atoms. The zero-order valence-corrected chi connectivity index (χ0v) is 11.8. The molecule has 0 aromatic rings. The lowest BCUT2D eigenvalue weighted by Crippen LogP contribution is -2.44. The molecular weight excluding hydrogens is 208 g/mol. The van der Waals surface area contributed by atoms with Crippen molar-refractivity contribution in [1.82, 2.24) is 10.2 Å². The first-order valence-electron chi connectivity index (χ1n) is 7.67.